The van der Waals surface area contributed by atoms with E-state index in [1.54, 1.807) is 12.0 Å². The van der Waals surface area contributed by atoms with Crippen molar-refractivity contribution >= 4 is 5.91 Å². The molecule has 2 rings (SSSR count). The molecular weight excluding hydrogens is 262 g/mol. The normalized spacial score (nSPS) is 10.2. The minimum Gasteiger partial charge on any atom is -0.496 e. The van der Waals surface area contributed by atoms with Crippen molar-refractivity contribution in [1.82, 2.24) is 4.90 Å². The predicted octanol–water partition coefficient (Wildman–Crippen LogP) is 3.84. The van der Waals surface area contributed by atoms with E-state index >= 15 is 0 Å². The Bertz CT molecular complexity index is 604. The van der Waals surface area contributed by atoms with Gasteiger partial charge in [-0.15, -0.1) is 0 Å². The summed E-state index contributed by atoms with van der Waals surface area (Å²) in [4.78, 5) is 14.3. The molecule has 0 fully saturated rings. The molecule has 21 heavy (non-hydrogen) atoms. The van der Waals surface area contributed by atoms with E-state index in [0.717, 1.165) is 11.1 Å². The van der Waals surface area contributed by atoms with E-state index in [0.29, 0.717) is 24.4 Å². The molecule has 3 heteroatoms. The maximum atomic E-state index is 12.5. The lowest BCUT2D eigenvalue weighted by Gasteiger charge is -2.20. The number of hydrogen-bond acceptors (Lipinski definition) is 2. The first-order valence-electron chi connectivity index (χ1n) is 7.24. The molecule has 0 atom stereocenters. The van der Waals surface area contributed by atoms with E-state index in [4.69, 9.17) is 4.74 Å². The molecule has 0 aliphatic carbocycles. The molecule has 0 saturated heterocycles. The van der Waals surface area contributed by atoms with Gasteiger partial charge in [0.25, 0.3) is 5.91 Å². The zero-order chi connectivity index (χ0) is 15.2. The quantitative estimate of drug-likeness (QED) is 0.834. The third-order valence-corrected chi connectivity index (χ3v) is 3.59. The zero-order valence-electron chi connectivity index (χ0n) is 12.8. The SMILES string of the molecule is CCN(CC)C(=O)c1ccc(-c2ccccc2)cc1OC. The van der Waals surface area contributed by atoms with E-state index in [-0.39, 0.29) is 5.91 Å². The Morgan fingerprint density at radius 3 is 2.24 bits per heavy atom. The van der Waals surface area contributed by atoms with Gasteiger partial charge in [0.15, 0.2) is 0 Å². The molecule has 0 spiro atoms. The van der Waals surface area contributed by atoms with Crippen molar-refractivity contribution in [2.75, 3.05) is 20.2 Å². The zero-order valence-corrected chi connectivity index (χ0v) is 12.8. The Labute approximate surface area is 126 Å². The molecule has 2 aromatic carbocycles. The largest absolute Gasteiger partial charge is 0.496 e. The summed E-state index contributed by atoms with van der Waals surface area (Å²) in [5, 5.41) is 0. The number of rotatable bonds is 5. The molecule has 0 saturated carbocycles. The van der Waals surface area contributed by atoms with Gasteiger partial charge < -0.3 is 9.64 Å². The lowest BCUT2D eigenvalue weighted by atomic mass is 10.0. The van der Waals surface area contributed by atoms with Crippen LogP contribution in [-0.2, 0) is 0 Å². The smallest absolute Gasteiger partial charge is 0.257 e. The van der Waals surface area contributed by atoms with E-state index in [1.807, 2.05) is 62.4 Å². The van der Waals surface area contributed by atoms with Crippen LogP contribution in [-0.4, -0.2) is 31.0 Å². The Hall–Kier alpha value is -2.29. The number of carbonyl (C=O) groups excluding carboxylic acids is 1. The van der Waals surface area contributed by atoms with E-state index in [2.05, 4.69) is 0 Å². The van der Waals surface area contributed by atoms with Crippen molar-refractivity contribution in [3.63, 3.8) is 0 Å². The second-order valence-electron chi connectivity index (χ2n) is 4.76. The number of methoxy groups -OCH3 is 1. The van der Waals surface area contributed by atoms with Crippen molar-refractivity contribution in [2.45, 2.75) is 13.8 Å². The topological polar surface area (TPSA) is 29.5 Å². The van der Waals surface area contributed by atoms with Crippen LogP contribution in [0.1, 0.15) is 24.2 Å². The van der Waals surface area contributed by atoms with Gasteiger partial charge in [0.1, 0.15) is 5.75 Å². The van der Waals surface area contributed by atoms with Gasteiger partial charge in [-0.2, -0.15) is 0 Å². The molecule has 3 nitrogen and oxygen atoms in total. The summed E-state index contributed by atoms with van der Waals surface area (Å²) in [7, 11) is 1.60. The molecule has 0 unspecified atom stereocenters. The van der Waals surface area contributed by atoms with Gasteiger partial charge in [-0.25, -0.2) is 0 Å². The van der Waals surface area contributed by atoms with Crippen LogP contribution >= 0.6 is 0 Å². The van der Waals surface area contributed by atoms with Gasteiger partial charge in [-0.05, 0) is 37.1 Å². The fourth-order valence-corrected chi connectivity index (χ4v) is 2.36. The molecule has 0 N–H and O–H groups in total. The minimum absolute atomic E-state index is 0.0106. The Kier molecular flexibility index (Phi) is 4.99. The van der Waals surface area contributed by atoms with Crippen LogP contribution in [0.5, 0.6) is 5.75 Å². The molecule has 0 aliphatic heterocycles. The Morgan fingerprint density at radius 2 is 1.67 bits per heavy atom. The first-order valence-corrected chi connectivity index (χ1v) is 7.24. The molecule has 2 aromatic rings. The molecule has 0 aliphatic rings. The standard InChI is InChI=1S/C18H21NO2/c1-4-19(5-2)18(20)16-12-11-15(13-17(16)21-3)14-9-7-6-8-10-14/h6-13H,4-5H2,1-3H3. The number of nitrogens with zero attached hydrogens (tertiary/aromatic N) is 1. The van der Waals surface area contributed by atoms with Crippen LogP contribution in [0.4, 0.5) is 0 Å². The summed E-state index contributed by atoms with van der Waals surface area (Å²) in [6.45, 7) is 5.34. The van der Waals surface area contributed by atoms with Crippen LogP contribution < -0.4 is 4.74 Å². The van der Waals surface area contributed by atoms with Crippen molar-refractivity contribution in [2.24, 2.45) is 0 Å². The second kappa shape index (κ2) is 6.93. The van der Waals surface area contributed by atoms with E-state index in [9.17, 15) is 4.79 Å². The molecule has 1 amide bonds. The lowest BCUT2D eigenvalue weighted by Crippen LogP contribution is -2.30. The fraction of sp³-hybridized carbons (Fsp3) is 0.278. The van der Waals surface area contributed by atoms with Gasteiger partial charge >= 0.3 is 0 Å². The summed E-state index contributed by atoms with van der Waals surface area (Å²) in [6, 6.07) is 15.8. The average molecular weight is 283 g/mol. The monoisotopic (exact) mass is 283 g/mol. The van der Waals surface area contributed by atoms with Crippen molar-refractivity contribution in [3.05, 3.63) is 54.1 Å². The Morgan fingerprint density at radius 1 is 1.00 bits per heavy atom. The lowest BCUT2D eigenvalue weighted by molar-refractivity contribution is 0.0769. The maximum absolute atomic E-state index is 12.5. The van der Waals surface area contributed by atoms with Crippen LogP contribution in [0, 0.1) is 0 Å². The van der Waals surface area contributed by atoms with Crippen molar-refractivity contribution < 1.29 is 9.53 Å². The van der Waals surface area contributed by atoms with E-state index in [1.165, 1.54) is 0 Å². The second-order valence-corrected chi connectivity index (χ2v) is 4.76. The molecule has 0 bridgehead atoms. The Balaban J connectivity index is 2.40. The van der Waals surface area contributed by atoms with Crippen molar-refractivity contribution in [1.29, 1.82) is 0 Å². The van der Waals surface area contributed by atoms with Crippen LogP contribution in [0.25, 0.3) is 11.1 Å². The van der Waals surface area contributed by atoms with Gasteiger partial charge in [0.2, 0.25) is 0 Å². The van der Waals surface area contributed by atoms with Gasteiger partial charge in [0.05, 0.1) is 12.7 Å². The number of ether oxygens (including phenoxy) is 1. The van der Waals surface area contributed by atoms with Gasteiger partial charge in [-0.1, -0.05) is 36.4 Å². The molecular formula is C18H21NO2. The number of benzene rings is 2. The summed E-state index contributed by atoms with van der Waals surface area (Å²) >= 11 is 0. The third kappa shape index (κ3) is 3.24. The minimum atomic E-state index is 0.0106. The van der Waals surface area contributed by atoms with Crippen LogP contribution in [0.15, 0.2) is 48.5 Å². The number of carbonyl (C=O) groups is 1. The van der Waals surface area contributed by atoms with E-state index < -0.39 is 0 Å². The maximum Gasteiger partial charge on any atom is 0.257 e. The van der Waals surface area contributed by atoms with Crippen molar-refractivity contribution in [3.8, 4) is 16.9 Å². The fourth-order valence-electron chi connectivity index (χ4n) is 2.36. The number of amides is 1. The first kappa shape index (κ1) is 15.1. The van der Waals surface area contributed by atoms with Crippen LogP contribution in [0.3, 0.4) is 0 Å². The summed E-state index contributed by atoms with van der Waals surface area (Å²) in [5.41, 5.74) is 2.77. The highest BCUT2D eigenvalue weighted by Crippen LogP contribution is 2.28. The highest BCUT2D eigenvalue weighted by Gasteiger charge is 2.17. The molecule has 0 radical (unpaired) electrons. The first-order chi connectivity index (χ1) is 10.2. The predicted molar refractivity (Wildman–Crippen MR) is 85.7 cm³/mol. The highest BCUT2D eigenvalue weighted by atomic mass is 16.5. The number of hydrogen-bond donors (Lipinski definition) is 0. The van der Waals surface area contributed by atoms with Gasteiger partial charge in [0, 0.05) is 13.1 Å². The summed E-state index contributed by atoms with van der Waals surface area (Å²) in [5.74, 6) is 0.629. The van der Waals surface area contributed by atoms with Gasteiger partial charge in [-0.3, -0.25) is 4.79 Å². The average Bonchev–Trinajstić information content (AvgIpc) is 2.56. The third-order valence-electron chi connectivity index (χ3n) is 3.59. The molecule has 0 heterocycles. The van der Waals surface area contributed by atoms with Crippen LogP contribution in [0.2, 0.25) is 0 Å². The summed E-state index contributed by atoms with van der Waals surface area (Å²) in [6.07, 6.45) is 0. The molecule has 110 valence electrons. The summed E-state index contributed by atoms with van der Waals surface area (Å²) < 4.78 is 5.42. The highest BCUT2D eigenvalue weighted by molar-refractivity contribution is 5.97. The molecule has 0 aromatic heterocycles.